The smallest absolute Gasteiger partial charge is 0.170 e. The van der Waals surface area contributed by atoms with Crippen LogP contribution in [0.1, 0.15) is 18.9 Å². The van der Waals surface area contributed by atoms with Gasteiger partial charge < -0.3 is 24.8 Å². The number of ether oxygens (including phenoxy) is 3. The van der Waals surface area contributed by atoms with Gasteiger partial charge in [0.15, 0.2) is 16.6 Å². The topological polar surface area (TPSA) is 51.8 Å². The van der Waals surface area contributed by atoms with E-state index in [0.717, 1.165) is 42.3 Å². The van der Waals surface area contributed by atoms with E-state index in [1.165, 1.54) is 5.56 Å². The molecule has 0 aliphatic rings. The first-order chi connectivity index (χ1) is 12.7. The lowest BCUT2D eigenvalue weighted by Gasteiger charge is -2.12. The normalized spacial score (nSPS) is 10.1. The molecule has 0 saturated carbocycles. The Morgan fingerprint density at radius 1 is 1.00 bits per heavy atom. The minimum absolute atomic E-state index is 0.612. The van der Waals surface area contributed by atoms with Crippen molar-refractivity contribution in [3.63, 3.8) is 0 Å². The van der Waals surface area contributed by atoms with Crippen molar-refractivity contribution < 1.29 is 14.2 Å². The summed E-state index contributed by atoms with van der Waals surface area (Å²) in [5.41, 5.74) is 2.14. The average Bonchev–Trinajstić information content (AvgIpc) is 2.66. The van der Waals surface area contributed by atoms with Crippen molar-refractivity contribution in [1.82, 2.24) is 5.32 Å². The van der Waals surface area contributed by atoms with Crippen molar-refractivity contribution in [2.45, 2.75) is 19.8 Å². The molecule has 140 valence electrons. The second-order valence-electron chi connectivity index (χ2n) is 5.63. The molecule has 0 aliphatic heterocycles. The SMILES string of the molecule is CCOc1ccc(NC(=S)NCCCc2ccc(OC)c(OC)c2)cc1. The van der Waals surface area contributed by atoms with E-state index < -0.39 is 0 Å². The van der Waals surface area contributed by atoms with E-state index >= 15 is 0 Å². The standard InChI is InChI=1S/C20H26N2O3S/c1-4-25-17-10-8-16(9-11-17)22-20(26)21-13-5-6-15-7-12-18(23-2)19(14-15)24-3/h7-12,14H,4-6,13H2,1-3H3,(H2,21,22,26). The second-order valence-corrected chi connectivity index (χ2v) is 6.04. The molecule has 0 saturated heterocycles. The fourth-order valence-corrected chi connectivity index (χ4v) is 2.73. The van der Waals surface area contributed by atoms with Crippen LogP contribution in [0.5, 0.6) is 17.2 Å². The van der Waals surface area contributed by atoms with Crippen LogP contribution in [0.15, 0.2) is 42.5 Å². The Hall–Kier alpha value is -2.47. The van der Waals surface area contributed by atoms with Crippen LogP contribution in [-0.2, 0) is 6.42 Å². The summed E-state index contributed by atoms with van der Waals surface area (Å²) in [4.78, 5) is 0. The van der Waals surface area contributed by atoms with Crippen LogP contribution in [-0.4, -0.2) is 32.5 Å². The van der Waals surface area contributed by atoms with Gasteiger partial charge in [0.2, 0.25) is 0 Å². The van der Waals surface area contributed by atoms with Gasteiger partial charge in [0.05, 0.1) is 20.8 Å². The molecule has 0 unspecified atom stereocenters. The number of rotatable bonds is 9. The first-order valence-corrected chi connectivity index (χ1v) is 9.05. The maximum absolute atomic E-state index is 5.43. The lowest BCUT2D eigenvalue weighted by Crippen LogP contribution is -2.29. The molecule has 0 bridgehead atoms. The quantitative estimate of drug-likeness (QED) is 0.511. The van der Waals surface area contributed by atoms with Crippen LogP contribution in [0, 0.1) is 0 Å². The number of nitrogens with one attached hydrogen (secondary N) is 2. The van der Waals surface area contributed by atoms with E-state index in [4.69, 9.17) is 26.4 Å². The van der Waals surface area contributed by atoms with Crippen molar-refractivity contribution in [2.24, 2.45) is 0 Å². The molecule has 6 heteroatoms. The van der Waals surface area contributed by atoms with Gasteiger partial charge in [-0.25, -0.2) is 0 Å². The molecule has 0 aromatic heterocycles. The van der Waals surface area contributed by atoms with Crippen molar-refractivity contribution in [1.29, 1.82) is 0 Å². The zero-order chi connectivity index (χ0) is 18.8. The number of hydrogen-bond donors (Lipinski definition) is 2. The monoisotopic (exact) mass is 374 g/mol. The fourth-order valence-electron chi connectivity index (χ4n) is 2.51. The van der Waals surface area contributed by atoms with Crippen LogP contribution in [0.3, 0.4) is 0 Å². The number of anilines is 1. The predicted octanol–water partition coefficient (Wildman–Crippen LogP) is 4.02. The molecule has 2 N–H and O–H groups in total. The Morgan fingerprint density at radius 3 is 2.38 bits per heavy atom. The highest BCUT2D eigenvalue weighted by Crippen LogP contribution is 2.27. The van der Waals surface area contributed by atoms with Crippen LogP contribution < -0.4 is 24.8 Å². The Kier molecular flexibility index (Phi) is 8.02. The number of benzene rings is 2. The fraction of sp³-hybridized carbons (Fsp3) is 0.350. The molecule has 0 heterocycles. The predicted molar refractivity (Wildman–Crippen MR) is 110 cm³/mol. The third kappa shape index (κ3) is 6.11. The Morgan fingerprint density at radius 2 is 1.73 bits per heavy atom. The number of hydrogen-bond acceptors (Lipinski definition) is 4. The summed E-state index contributed by atoms with van der Waals surface area (Å²) in [7, 11) is 3.29. The number of aryl methyl sites for hydroxylation is 1. The summed E-state index contributed by atoms with van der Waals surface area (Å²) in [5, 5.41) is 7.01. The Labute approximate surface area is 160 Å². The number of thiocarbonyl (C=S) groups is 1. The van der Waals surface area contributed by atoms with Gasteiger partial charge in [-0.3, -0.25) is 0 Å². The zero-order valence-corrected chi connectivity index (χ0v) is 16.3. The largest absolute Gasteiger partial charge is 0.494 e. The van der Waals surface area contributed by atoms with Gasteiger partial charge >= 0.3 is 0 Å². The zero-order valence-electron chi connectivity index (χ0n) is 15.5. The maximum atomic E-state index is 5.43. The van der Waals surface area contributed by atoms with E-state index in [-0.39, 0.29) is 0 Å². The molecule has 2 aromatic carbocycles. The summed E-state index contributed by atoms with van der Waals surface area (Å²) in [6, 6.07) is 13.7. The Bertz CT molecular complexity index is 705. The molecular formula is C20H26N2O3S. The van der Waals surface area contributed by atoms with Gasteiger partial charge in [0.1, 0.15) is 5.75 Å². The van der Waals surface area contributed by atoms with E-state index in [2.05, 4.69) is 16.7 Å². The molecule has 26 heavy (non-hydrogen) atoms. The second kappa shape index (κ2) is 10.5. The van der Waals surface area contributed by atoms with Crippen LogP contribution >= 0.6 is 12.2 Å². The summed E-state index contributed by atoms with van der Waals surface area (Å²) >= 11 is 5.33. The van der Waals surface area contributed by atoms with Gasteiger partial charge in [-0.05, 0) is 73.9 Å². The summed E-state index contributed by atoms with van der Waals surface area (Å²) in [6.07, 6.45) is 1.89. The highest BCUT2D eigenvalue weighted by Gasteiger charge is 2.04. The molecule has 2 aromatic rings. The van der Waals surface area contributed by atoms with Crippen LogP contribution in [0.25, 0.3) is 0 Å². The summed E-state index contributed by atoms with van der Waals surface area (Å²) < 4.78 is 16.0. The van der Waals surface area contributed by atoms with Gasteiger partial charge in [0.25, 0.3) is 0 Å². The molecule has 2 rings (SSSR count). The van der Waals surface area contributed by atoms with Gasteiger partial charge in [-0.2, -0.15) is 0 Å². The molecule has 0 radical (unpaired) electrons. The first kappa shape index (κ1) is 19.8. The minimum atomic E-state index is 0.612. The third-order valence-corrected chi connectivity index (χ3v) is 4.05. The molecule has 0 aliphatic carbocycles. The highest BCUT2D eigenvalue weighted by molar-refractivity contribution is 7.80. The average molecular weight is 375 g/mol. The maximum Gasteiger partial charge on any atom is 0.170 e. The molecule has 5 nitrogen and oxygen atoms in total. The van der Waals surface area contributed by atoms with Crippen LogP contribution in [0.4, 0.5) is 5.69 Å². The molecular weight excluding hydrogens is 348 g/mol. The van der Waals surface area contributed by atoms with E-state index in [9.17, 15) is 0 Å². The van der Waals surface area contributed by atoms with Gasteiger partial charge in [-0.15, -0.1) is 0 Å². The lowest BCUT2D eigenvalue weighted by atomic mass is 10.1. The van der Waals surface area contributed by atoms with Crippen molar-refractivity contribution in [3.8, 4) is 17.2 Å². The van der Waals surface area contributed by atoms with E-state index in [1.807, 2.05) is 43.3 Å². The lowest BCUT2D eigenvalue weighted by molar-refractivity contribution is 0.340. The van der Waals surface area contributed by atoms with E-state index in [0.29, 0.717) is 11.7 Å². The van der Waals surface area contributed by atoms with Crippen molar-refractivity contribution in [2.75, 3.05) is 32.7 Å². The van der Waals surface area contributed by atoms with Gasteiger partial charge in [-0.1, -0.05) is 6.07 Å². The molecule has 0 atom stereocenters. The number of methoxy groups -OCH3 is 2. The molecule has 0 amide bonds. The van der Waals surface area contributed by atoms with Crippen molar-refractivity contribution >= 4 is 23.0 Å². The molecule has 0 spiro atoms. The van der Waals surface area contributed by atoms with Crippen molar-refractivity contribution in [3.05, 3.63) is 48.0 Å². The Balaban J connectivity index is 1.73. The summed E-state index contributed by atoms with van der Waals surface area (Å²) in [5.74, 6) is 2.35. The summed E-state index contributed by atoms with van der Waals surface area (Å²) in [6.45, 7) is 3.41. The van der Waals surface area contributed by atoms with Gasteiger partial charge in [0, 0.05) is 12.2 Å². The molecule has 0 fully saturated rings. The third-order valence-electron chi connectivity index (χ3n) is 3.80. The van der Waals surface area contributed by atoms with Crippen LogP contribution in [0.2, 0.25) is 0 Å². The first-order valence-electron chi connectivity index (χ1n) is 8.65. The minimum Gasteiger partial charge on any atom is -0.494 e. The van der Waals surface area contributed by atoms with E-state index in [1.54, 1.807) is 14.2 Å². The highest BCUT2D eigenvalue weighted by atomic mass is 32.1.